The number of carbonyl (C=O) groups excluding carboxylic acids is 2. The van der Waals surface area contributed by atoms with Gasteiger partial charge in [-0.15, -0.1) is 24.8 Å². The van der Waals surface area contributed by atoms with Crippen molar-refractivity contribution in [1.82, 2.24) is 20.2 Å². The van der Waals surface area contributed by atoms with E-state index in [0.29, 0.717) is 25.2 Å². The van der Waals surface area contributed by atoms with Crippen molar-refractivity contribution in [1.29, 1.82) is 0 Å². The first kappa shape index (κ1) is 25.9. The maximum absolute atomic E-state index is 13.1. The van der Waals surface area contributed by atoms with Crippen LogP contribution in [0.15, 0.2) is 24.5 Å². The molecule has 0 spiro atoms. The Bertz CT molecular complexity index is 977. The van der Waals surface area contributed by atoms with E-state index in [2.05, 4.69) is 40.1 Å². The summed E-state index contributed by atoms with van der Waals surface area (Å²) in [5, 5.41) is 2.84. The maximum atomic E-state index is 13.1. The highest BCUT2D eigenvalue weighted by Crippen LogP contribution is 2.25. The van der Waals surface area contributed by atoms with Crippen LogP contribution in [0.25, 0.3) is 0 Å². The van der Waals surface area contributed by atoms with Crippen LogP contribution >= 0.6 is 24.8 Å². The quantitative estimate of drug-likeness (QED) is 0.728. The van der Waals surface area contributed by atoms with Gasteiger partial charge in [0.2, 0.25) is 5.91 Å². The van der Waals surface area contributed by atoms with Gasteiger partial charge in [0.1, 0.15) is 5.82 Å². The summed E-state index contributed by atoms with van der Waals surface area (Å²) in [6, 6.07) is 4.09. The molecule has 2 aliphatic heterocycles. The Labute approximate surface area is 201 Å². The van der Waals surface area contributed by atoms with Crippen LogP contribution < -0.4 is 10.2 Å². The Morgan fingerprint density at radius 2 is 1.78 bits per heavy atom. The van der Waals surface area contributed by atoms with Gasteiger partial charge in [0.05, 0.1) is 17.2 Å². The number of hydrogen-bond donors (Lipinski definition) is 1. The zero-order valence-corrected chi connectivity index (χ0v) is 20.4. The Hall–Kier alpha value is -2.38. The van der Waals surface area contributed by atoms with Gasteiger partial charge in [0.25, 0.3) is 5.91 Å². The predicted molar refractivity (Wildman–Crippen MR) is 130 cm³/mol. The third-order valence-electron chi connectivity index (χ3n) is 6.15. The summed E-state index contributed by atoms with van der Waals surface area (Å²) in [6.07, 6.45) is 5.32. The van der Waals surface area contributed by atoms with Crippen molar-refractivity contribution in [2.24, 2.45) is 0 Å². The number of aryl methyl sites for hydroxylation is 3. The number of nitrogens with zero attached hydrogens (tertiary/aromatic N) is 4. The molecule has 1 atom stereocenters. The molecule has 2 aromatic rings. The molecule has 0 bridgehead atoms. The largest absolute Gasteiger partial charge is 0.355 e. The van der Waals surface area contributed by atoms with E-state index in [1.807, 2.05) is 24.1 Å². The summed E-state index contributed by atoms with van der Waals surface area (Å²) in [5.74, 6) is 0.837. The van der Waals surface area contributed by atoms with Gasteiger partial charge in [0, 0.05) is 45.1 Å². The molecule has 2 fully saturated rings. The highest BCUT2D eigenvalue weighted by Gasteiger charge is 2.29. The maximum Gasteiger partial charge on any atom is 0.255 e. The average Bonchev–Trinajstić information content (AvgIpc) is 3.19. The second kappa shape index (κ2) is 11.0. The number of halogens is 2. The molecule has 1 unspecified atom stereocenters. The van der Waals surface area contributed by atoms with Gasteiger partial charge in [0.15, 0.2) is 0 Å². The highest BCUT2D eigenvalue weighted by atomic mass is 35.5. The standard InChI is InChI=1S/C23H29N5O2.2ClH/c1-4-17-11-16(3)21(26-13-17)27-7-9-28(10-8-27)23(30)19-14-25-20(12-15(19)2)18-5-6-24-22(18)29;;/h11-14,18H,4-10H2,1-3H3,(H,24,29);2*1H. The molecule has 7 nitrogen and oxygen atoms in total. The molecular formula is C23H31Cl2N5O2. The van der Waals surface area contributed by atoms with Crippen molar-refractivity contribution in [3.8, 4) is 0 Å². The number of carbonyl (C=O) groups is 2. The number of amides is 2. The summed E-state index contributed by atoms with van der Waals surface area (Å²) in [5.41, 5.74) is 4.67. The molecule has 2 amide bonds. The van der Waals surface area contributed by atoms with Crippen LogP contribution in [0.3, 0.4) is 0 Å². The predicted octanol–water partition coefficient (Wildman–Crippen LogP) is 3.07. The van der Waals surface area contributed by atoms with Crippen molar-refractivity contribution in [2.75, 3.05) is 37.6 Å². The number of pyridine rings is 2. The molecule has 2 aromatic heterocycles. The van der Waals surface area contributed by atoms with Crippen LogP contribution in [-0.2, 0) is 11.2 Å². The average molecular weight is 480 g/mol. The topological polar surface area (TPSA) is 78.4 Å². The van der Waals surface area contributed by atoms with Gasteiger partial charge >= 0.3 is 0 Å². The first-order valence-electron chi connectivity index (χ1n) is 10.7. The van der Waals surface area contributed by atoms with Crippen molar-refractivity contribution in [3.63, 3.8) is 0 Å². The molecule has 1 N–H and O–H groups in total. The zero-order valence-electron chi connectivity index (χ0n) is 18.8. The summed E-state index contributed by atoms with van der Waals surface area (Å²) in [4.78, 5) is 38.2. The first-order chi connectivity index (χ1) is 14.5. The summed E-state index contributed by atoms with van der Waals surface area (Å²) in [7, 11) is 0. The molecule has 32 heavy (non-hydrogen) atoms. The molecule has 174 valence electrons. The van der Waals surface area contributed by atoms with Crippen molar-refractivity contribution in [2.45, 2.75) is 39.5 Å². The van der Waals surface area contributed by atoms with Crippen LogP contribution in [-0.4, -0.2) is 59.4 Å². The molecule has 2 saturated heterocycles. The lowest BCUT2D eigenvalue weighted by molar-refractivity contribution is -0.120. The van der Waals surface area contributed by atoms with Crippen molar-refractivity contribution >= 4 is 42.4 Å². The molecule has 0 radical (unpaired) electrons. The lowest BCUT2D eigenvalue weighted by atomic mass is 10.00. The first-order valence-corrected chi connectivity index (χ1v) is 10.7. The minimum absolute atomic E-state index is 0. The van der Waals surface area contributed by atoms with Crippen LogP contribution in [0, 0.1) is 13.8 Å². The number of hydrogen-bond acceptors (Lipinski definition) is 5. The van der Waals surface area contributed by atoms with Gasteiger partial charge in [-0.05, 0) is 49.4 Å². The number of piperazine rings is 1. The Morgan fingerprint density at radius 3 is 2.34 bits per heavy atom. The Morgan fingerprint density at radius 1 is 1.06 bits per heavy atom. The van der Waals surface area contributed by atoms with Crippen LogP contribution in [0.4, 0.5) is 5.82 Å². The molecule has 9 heteroatoms. The minimum Gasteiger partial charge on any atom is -0.355 e. The smallest absolute Gasteiger partial charge is 0.255 e. The van der Waals surface area contributed by atoms with Crippen LogP contribution in [0.5, 0.6) is 0 Å². The summed E-state index contributed by atoms with van der Waals surface area (Å²) in [6.45, 7) is 9.67. The molecule has 4 heterocycles. The molecule has 0 aromatic carbocycles. The SMILES string of the molecule is CCc1cnc(N2CCN(C(=O)c3cnc(C4CCNC4=O)cc3C)CC2)c(C)c1.Cl.Cl. The van der Waals surface area contributed by atoms with Crippen LogP contribution in [0.1, 0.15) is 52.0 Å². The van der Waals surface area contributed by atoms with E-state index in [9.17, 15) is 9.59 Å². The van der Waals surface area contributed by atoms with E-state index in [-0.39, 0.29) is 42.5 Å². The monoisotopic (exact) mass is 479 g/mol. The fraction of sp³-hybridized carbons (Fsp3) is 0.478. The van der Waals surface area contributed by atoms with Crippen molar-refractivity contribution in [3.05, 3.63) is 52.5 Å². The van der Waals surface area contributed by atoms with Gasteiger partial charge in [-0.3, -0.25) is 14.6 Å². The number of anilines is 1. The van der Waals surface area contributed by atoms with E-state index < -0.39 is 0 Å². The third kappa shape index (κ3) is 5.15. The van der Waals surface area contributed by atoms with Gasteiger partial charge < -0.3 is 15.1 Å². The van der Waals surface area contributed by atoms with E-state index >= 15 is 0 Å². The minimum atomic E-state index is -0.203. The number of aromatic nitrogens is 2. The molecule has 0 aliphatic carbocycles. The number of nitrogens with one attached hydrogen (secondary N) is 1. The molecule has 2 aliphatic rings. The fourth-order valence-corrected chi connectivity index (χ4v) is 4.31. The second-order valence-corrected chi connectivity index (χ2v) is 8.17. The van der Waals surface area contributed by atoms with E-state index in [1.165, 1.54) is 11.1 Å². The van der Waals surface area contributed by atoms with E-state index in [4.69, 9.17) is 0 Å². The lowest BCUT2D eigenvalue weighted by Gasteiger charge is -2.36. The van der Waals surface area contributed by atoms with Gasteiger partial charge in [-0.1, -0.05) is 13.0 Å². The van der Waals surface area contributed by atoms with E-state index in [0.717, 1.165) is 43.0 Å². The van der Waals surface area contributed by atoms with Crippen LogP contribution in [0.2, 0.25) is 0 Å². The third-order valence-corrected chi connectivity index (χ3v) is 6.15. The molecular weight excluding hydrogens is 449 g/mol. The zero-order chi connectivity index (χ0) is 21.3. The lowest BCUT2D eigenvalue weighted by Crippen LogP contribution is -2.49. The van der Waals surface area contributed by atoms with Gasteiger partial charge in [-0.25, -0.2) is 4.98 Å². The van der Waals surface area contributed by atoms with Crippen molar-refractivity contribution < 1.29 is 9.59 Å². The van der Waals surface area contributed by atoms with Gasteiger partial charge in [-0.2, -0.15) is 0 Å². The Balaban J connectivity index is 0.00000181. The fourth-order valence-electron chi connectivity index (χ4n) is 4.31. The van der Waals surface area contributed by atoms with E-state index in [1.54, 1.807) is 6.20 Å². The second-order valence-electron chi connectivity index (χ2n) is 8.17. The Kier molecular flexibility index (Phi) is 8.87. The normalized spacial score (nSPS) is 18.0. The summed E-state index contributed by atoms with van der Waals surface area (Å²) >= 11 is 0. The summed E-state index contributed by atoms with van der Waals surface area (Å²) < 4.78 is 0. The molecule has 4 rings (SSSR count). The highest BCUT2D eigenvalue weighted by molar-refractivity contribution is 5.95. The molecule has 0 saturated carbocycles. The number of rotatable bonds is 4.